The zero-order valence-electron chi connectivity index (χ0n) is 23.5. The molecule has 12 nitrogen and oxygen atoms in total. The standard InChI is InChI=1S/C27H39N6O6P/c1-5-36-25-22-24(30-27(28)31-25)33(17-29-22)18(3)15-21(35-4)16-38-40(32-20-13-10-14-20)39-23(26(34)37-6-2)19-11-8-7-9-12-19/h7-9,11-12,17-18,20-21,23,32H,5-6,10,13-16H2,1-4H3,(H2,28,30,31). The SMILES string of the molecule is CCOC(=O)C(OP(NC1CCC1)OCC(CC(C)n1cnc2c(OCC)nc(N)nc21)OC)c1ccccc1. The minimum absolute atomic E-state index is 0.0503. The predicted molar refractivity (Wildman–Crippen MR) is 152 cm³/mol. The summed E-state index contributed by atoms with van der Waals surface area (Å²) < 4.78 is 31.2. The Morgan fingerprint density at radius 1 is 1.20 bits per heavy atom. The van der Waals surface area contributed by atoms with Crippen LogP contribution in [0, 0.1) is 0 Å². The second-order valence-electron chi connectivity index (χ2n) is 9.54. The molecule has 4 unspecified atom stereocenters. The van der Waals surface area contributed by atoms with Gasteiger partial charge in [0.25, 0.3) is 8.53 Å². The van der Waals surface area contributed by atoms with Gasteiger partial charge < -0.3 is 33.6 Å². The molecular formula is C27H39N6O6P. The third kappa shape index (κ3) is 7.64. The third-order valence-electron chi connectivity index (χ3n) is 6.67. The largest absolute Gasteiger partial charge is 0.476 e. The second-order valence-corrected chi connectivity index (χ2v) is 10.8. The summed E-state index contributed by atoms with van der Waals surface area (Å²) in [6.07, 6.45) is 4.36. The van der Waals surface area contributed by atoms with Gasteiger partial charge in [0.15, 0.2) is 17.3 Å². The Kier molecular flexibility index (Phi) is 11.0. The Hall–Kier alpha value is -2.89. The number of nitrogens with zero attached hydrogens (tertiary/aromatic N) is 4. The molecule has 1 aliphatic rings. The molecule has 13 heteroatoms. The quantitative estimate of drug-likeness (QED) is 0.184. The lowest BCUT2D eigenvalue weighted by molar-refractivity contribution is -0.152. The molecule has 3 aromatic rings. The molecule has 0 bridgehead atoms. The van der Waals surface area contributed by atoms with Crippen LogP contribution < -0.4 is 15.6 Å². The van der Waals surface area contributed by atoms with Gasteiger partial charge in [0.1, 0.15) is 0 Å². The lowest BCUT2D eigenvalue weighted by Gasteiger charge is -2.32. The number of hydrogen-bond acceptors (Lipinski definition) is 11. The highest BCUT2D eigenvalue weighted by atomic mass is 31.2. The van der Waals surface area contributed by atoms with E-state index in [1.165, 1.54) is 0 Å². The van der Waals surface area contributed by atoms with Crippen molar-refractivity contribution in [2.24, 2.45) is 0 Å². The maximum atomic E-state index is 12.8. The van der Waals surface area contributed by atoms with Crippen molar-refractivity contribution < 1.29 is 28.1 Å². The molecule has 0 amide bonds. The van der Waals surface area contributed by atoms with Crippen LogP contribution in [-0.2, 0) is 23.3 Å². The van der Waals surface area contributed by atoms with Gasteiger partial charge in [-0.1, -0.05) is 36.8 Å². The van der Waals surface area contributed by atoms with E-state index in [2.05, 4.69) is 20.0 Å². The Bertz CT molecular complexity index is 1230. The van der Waals surface area contributed by atoms with Gasteiger partial charge in [0.2, 0.25) is 11.8 Å². The monoisotopic (exact) mass is 574 g/mol. The molecule has 2 heterocycles. The van der Waals surface area contributed by atoms with Crippen LogP contribution in [-0.4, -0.2) is 64.6 Å². The van der Waals surface area contributed by atoms with E-state index < -0.39 is 20.6 Å². The first-order valence-electron chi connectivity index (χ1n) is 13.7. The van der Waals surface area contributed by atoms with E-state index in [-0.39, 0.29) is 37.3 Å². The number of nitrogens with two attached hydrogens (primary N) is 1. The number of methoxy groups -OCH3 is 1. The minimum Gasteiger partial charge on any atom is -0.476 e. The molecule has 40 heavy (non-hydrogen) atoms. The number of nitrogen functional groups attached to an aromatic ring is 1. The topological polar surface area (TPSA) is 145 Å². The van der Waals surface area contributed by atoms with E-state index in [1.54, 1.807) is 20.4 Å². The van der Waals surface area contributed by atoms with Gasteiger partial charge in [-0.3, -0.25) is 0 Å². The van der Waals surface area contributed by atoms with Crippen LogP contribution in [0.3, 0.4) is 0 Å². The molecule has 1 saturated carbocycles. The van der Waals surface area contributed by atoms with Gasteiger partial charge in [-0.2, -0.15) is 9.97 Å². The van der Waals surface area contributed by atoms with Crippen LogP contribution in [0.1, 0.15) is 64.2 Å². The van der Waals surface area contributed by atoms with Crippen molar-refractivity contribution in [2.75, 3.05) is 32.7 Å². The van der Waals surface area contributed by atoms with E-state index in [0.29, 0.717) is 35.6 Å². The summed E-state index contributed by atoms with van der Waals surface area (Å²) in [6.45, 7) is 6.65. The highest BCUT2D eigenvalue weighted by Crippen LogP contribution is 2.43. The summed E-state index contributed by atoms with van der Waals surface area (Å²) in [5.41, 5.74) is 7.79. The summed E-state index contributed by atoms with van der Waals surface area (Å²) in [4.78, 5) is 25.9. The lowest BCUT2D eigenvalue weighted by atomic mass is 9.94. The van der Waals surface area contributed by atoms with Crippen molar-refractivity contribution in [3.63, 3.8) is 0 Å². The summed E-state index contributed by atoms with van der Waals surface area (Å²) >= 11 is 0. The first-order chi connectivity index (χ1) is 19.4. The summed E-state index contributed by atoms with van der Waals surface area (Å²) in [6, 6.07) is 9.55. The molecule has 4 atom stereocenters. The molecule has 0 radical (unpaired) electrons. The number of anilines is 1. The number of ether oxygens (including phenoxy) is 3. The number of nitrogens with one attached hydrogen (secondary N) is 1. The fourth-order valence-corrected chi connectivity index (χ4v) is 5.76. The van der Waals surface area contributed by atoms with Crippen molar-refractivity contribution in [3.05, 3.63) is 42.2 Å². The normalized spacial score (nSPS) is 16.7. The molecule has 0 spiro atoms. The predicted octanol–water partition coefficient (Wildman–Crippen LogP) is 4.48. The number of benzene rings is 1. The summed E-state index contributed by atoms with van der Waals surface area (Å²) in [7, 11) is 0.0329. The van der Waals surface area contributed by atoms with E-state index >= 15 is 0 Å². The molecule has 0 aliphatic heterocycles. The van der Waals surface area contributed by atoms with E-state index in [1.807, 2.05) is 48.7 Å². The number of carbonyl (C=O) groups is 1. The highest BCUT2D eigenvalue weighted by Gasteiger charge is 2.31. The Labute approximate surface area is 235 Å². The van der Waals surface area contributed by atoms with Gasteiger partial charge in [-0.25, -0.2) is 14.9 Å². The van der Waals surface area contributed by atoms with Gasteiger partial charge in [-0.15, -0.1) is 0 Å². The molecule has 4 rings (SSSR count). The number of esters is 1. The lowest BCUT2D eigenvalue weighted by Crippen LogP contribution is -2.34. The summed E-state index contributed by atoms with van der Waals surface area (Å²) in [5, 5.41) is 3.46. The second kappa shape index (κ2) is 14.7. The number of rotatable bonds is 16. The molecule has 0 saturated heterocycles. The number of hydrogen-bond donors (Lipinski definition) is 2. The minimum atomic E-state index is -1.61. The third-order valence-corrected chi connectivity index (χ3v) is 8.04. The number of fused-ring (bicyclic) bond motifs is 1. The van der Waals surface area contributed by atoms with E-state index in [0.717, 1.165) is 19.3 Å². The van der Waals surface area contributed by atoms with Crippen LogP contribution in [0.5, 0.6) is 5.88 Å². The smallest absolute Gasteiger partial charge is 0.340 e. The molecule has 1 aromatic carbocycles. The number of imidazole rings is 1. The van der Waals surface area contributed by atoms with Crippen LogP contribution in [0.15, 0.2) is 36.7 Å². The molecule has 1 aliphatic carbocycles. The number of aromatic nitrogens is 4. The summed E-state index contributed by atoms with van der Waals surface area (Å²) in [5.74, 6) is 0.0368. The Morgan fingerprint density at radius 3 is 2.62 bits per heavy atom. The average molecular weight is 575 g/mol. The van der Waals surface area contributed by atoms with E-state index in [9.17, 15) is 4.79 Å². The fourth-order valence-electron chi connectivity index (χ4n) is 4.31. The van der Waals surface area contributed by atoms with Crippen LogP contribution in [0.2, 0.25) is 0 Å². The van der Waals surface area contributed by atoms with Gasteiger partial charge in [-0.05, 0) is 45.6 Å². The zero-order chi connectivity index (χ0) is 28.5. The molecule has 218 valence electrons. The van der Waals surface area contributed by atoms with Crippen LogP contribution >= 0.6 is 8.53 Å². The van der Waals surface area contributed by atoms with Crippen molar-refractivity contribution in [2.45, 2.75) is 70.7 Å². The zero-order valence-corrected chi connectivity index (χ0v) is 24.4. The fraction of sp³-hybridized carbons (Fsp3) is 0.556. The van der Waals surface area contributed by atoms with Gasteiger partial charge in [0.05, 0.1) is 32.3 Å². The maximum Gasteiger partial charge on any atom is 0.340 e. The molecule has 2 aromatic heterocycles. The first-order valence-corrected chi connectivity index (χ1v) is 14.8. The number of carbonyl (C=O) groups excluding carboxylic acids is 1. The van der Waals surface area contributed by atoms with Crippen molar-refractivity contribution >= 4 is 31.6 Å². The van der Waals surface area contributed by atoms with E-state index in [4.69, 9.17) is 29.0 Å². The maximum absolute atomic E-state index is 12.8. The molecular weight excluding hydrogens is 535 g/mol. The van der Waals surface area contributed by atoms with Crippen LogP contribution in [0.4, 0.5) is 5.95 Å². The first kappa shape index (κ1) is 30.1. The van der Waals surface area contributed by atoms with Crippen molar-refractivity contribution in [1.82, 2.24) is 24.6 Å². The van der Waals surface area contributed by atoms with Crippen LogP contribution in [0.25, 0.3) is 11.2 Å². The Balaban J connectivity index is 1.45. The van der Waals surface area contributed by atoms with Crippen molar-refractivity contribution in [3.8, 4) is 5.88 Å². The van der Waals surface area contributed by atoms with Gasteiger partial charge in [0, 0.05) is 19.2 Å². The molecule has 3 N–H and O–H groups in total. The molecule has 1 fully saturated rings. The average Bonchev–Trinajstić information content (AvgIpc) is 3.35. The van der Waals surface area contributed by atoms with Crippen molar-refractivity contribution in [1.29, 1.82) is 0 Å². The Morgan fingerprint density at radius 2 is 1.98 bits per heavy atom. The van der Waals surface area contributed by atoms with Gasteiger partial charge >= 0.3 is 5.97 Å². The highest BCUT2D eigenvalue weighted by molar-refractivity contribution is 7.45.